The Morgan fingerprint density at radius 1 is 1.11 bits per heavy atom. The highest BCUT2D eigenvalue weighted by Crippen LogP contribution is 2.16. The van der Waals surface area contributed by atoms with E-state index in [2.05, 4.69) is 5.32 Å². The molecule has 1 N–H and O–H groups in total. The minimum absolute atomic E-state index is 0.0121. The van der Waals surface area contributed by atoms with Crippen molar-refractivity contribution >= 4 is 23.4 Å². The molecule has 28 heavy (non-hydrogen) atoms. The summed E-state index contributed by atoms with van der Waals surface area (Å²) in [6.45, 7) is 7.58. The lowest BCUT2D eigenvalue weighted by atomic mass is 10.1. The smallest absolute Gasteiger partial charge is 0.261 e. The summed E-state index contributed by atoms with van der Waals surface area (Å²) in [5.74, 6) is 0.133. The highest BCUT2D eigenvalue weighted by Gasteiger charge is 2.26. The summed E-state index contributed by atoms with van der Waals surface area (Å²) in [4.78, 5) is 26.9. The zero-order chi connectivity index (χ0) is 20.7. The maximum atomic E-state index is 12.9. The Morgan fingerprint density at radius 3 is 2.39 bits per heavy atom. The first-order valence-corrected chi connectivity index (χ1v) is 9.68. The third kappa shape index (κ3) is 6.57. The van der Waals surface area contributed by atoms with Crippen molar-refractivity contribution in [3.05, 3.63) is 64.7 Å². The van der Waals surface area contributed by atoms with Crippen LogP contribution in [0.25, 0.3) is 0 Å². The first kappa shape index (κ1) is 21.8. The molecule has 0 aliphatic heterocycles. The molecule has 0 fully saturated rings. The third-order valence-electron chi connectivity index (χ3n) is 4.22. The van der Waals surface area contributed by atoms with Gasteiger partial charge in [-0.1, -0.05) is 41.4 Å². The summed E-state index contributed by atoms with van der Waals surface area (Å²) >= 11 is 6.07. The number of nitrogens with zero attached hydrogens (tertiary/aromatic N) is 1. The fourth-order valence-corrected chi connectivity index (χ4v) is 2.90. The number of rotatable bonds is 8. The van der Waals surface area contributed by atoms with Crippen LogP contribution in [0.2, 0.25) is 5.02 Å². The number of benzene rings is 2. The average molecular weight is 403 g/mol. The van der Waals surface area contributed by atoms with E-state index in [9.17, 15) is 9.59 Å². The summed E-state index contributed by atoms with van der Waals surface area (Å²) in [6.07, 6.45) is 0. The Morgan fingerprint density at radius 2 is 1.79 bits per heavy atom. The molecule has 0 saturated heterocycles. The first-order valence-electron chi connectivity index (χ1n) is 9.30. The maximum Gasteiger partial charge on any atom is 0.261 e. The number of hydrogen-bond acceptors (Lipinski definition) is 3. The minimum Gasteiger partial charge on any atom is -0.484 e. The van der Waals surface area contributed by atoms with Crippen LogP contribution in [-0.2, 0) is 16.1 Å². The van der Waals surface area contributed by atoms with Crippen LogP contribution in [0.1, 0.15) is 31.9 Å². The van der Waals surface area contributed by atoms with E-state index in [1.807, 2.05) is 57.2 Å². The monoisotopic (exact) mass is 402 g/mol. The predicted octanol–water partition coefficient (Wildman–Crippen LogP) is 3.97. The standard InChI is InChI=1S/C22H27ClN2O3/c1-15(2)24-22(27)17(4)25(13-18-6-5-7-19(23)12-18)21(26)14-28-20-10-8-16(3)9-11-20/h5-12,15,17H,13-14H2,1-4H3,(H,24,27)/t17-/m1/s1. The first-order chi connectivity index (χ1) is 13.3. The molecule has 0 aliphatic rings. The fourth-order valence-electron chi connectivity index (χ4n) is 2.68. The van der Waals surface area contributed by atoms with Crippen molar-refractivity contribution in [2.75, 3.05) is 6.61 Å². The van der Waals surface area contributed by atoms with Crippen LogP contribution in [0.3, 0.4) is 0 Å². The van der Waals surface area contributed by atoms with Crippen molar-refractivity contribution in [3.8, 4) is 5.75 Å². The number of halogens is 1. The molecular weight excluding hydrogens is 376 g/mol. The number of carbonyl (C=O) groups is 2. The molecule has 2 rings (SSSR count). The van der Waals surface area contributed by atoms with E-state index in [4.69, 9.17) is 16.3 Å². The van der Waals surface area contributed by atoms with Crippen molar-refractivity contribution in [1.29, 1.82) is 0 Å². The lowest BCUT2D eigenvalue weighted by Crippen LogP contribution is -2.50. The lowest BCUT2D eigenvalue weighted by Gasteiger charge is -2.29. The van der Waals surface area contributed by atoms with Gasteiger partial charge in [-0.15, -0.1) is 0 Å². The second-order valence-corrected chi connectivity index (χ2v) is 7.53. The number of amides is 2. The van der Waals surface area contributed by atoms with Crippen molar-refractivity contribution in [1.82, 2.24) is 10.2 Å². The molecular formula is C22H27ClN2O3. The molecule has 0 radical (unpaired) electrons. The van der Waals surface area contributed by atoms with E-state index in [1.54, 1.807) is 19.1 Å². The zero-order valence-corrected chi connectivity index (χ0v) is 17.5. The van der Waals surface area contributed by atoms with Gasteiger partial charge in [-0.2, -0.15) is 0 Å². The zero-order valence-electron chi connectivity index (χ0n) is 16.7. The van der Waals surface area contributed by atoms with E-state index in [0.717, 1.165) is 11.1 Å². The van der Waals surface area contributed by atoms with Gasteiger partial charge >= 0.3 is 0 Å². The predicted molar refractivity (Wildman–Crippen MR) is 111 cm³/mol. The molecule has 2 aromatic rings. The van der Waals surface area contributed by atoms with Gasteiger partial charge < -0.3 is 15.0 Å². The molecule has 6 heteroatoms. The molecule has 2 amide bonds. The van der Waals surface area contributed by atoms with Crippen LogP contribution in [0.15, 0.2) is 48.5 Å². The van der Waals surface area contributed by atoms with E-state index in [-0.39, 0.29) is 31.0 Å². The lowest BCUT2D eigenvalue weighted by molar-refractivity contribution is -0.142. The molecule has 5 nitrogen and oxygen atoms in total. The molecule has 0 aliphatic carbocycles. The van der Waals surface area contributed by atoms with Gasteiger partial charge in [0, 0.05) is 17.6 Å². The molecule has 150 valence electrons. The van der Waals surface area contributed by atoms with E-state index >= 15 is 0 Å². The third-order valence-corrected chi connectivity index (χ3v) is 4.46. The highest BCUT2D eigenvalue weighted by atomic mass is 35.5. The Balaban J connectivity index is 2.14. The topological polar surface area (TPSA) is 58.6 Å². The van der Waals surface area contributed by atoms with Gasteiger partial charge in [-0.3, -0.25) is 9.59 Å². The van der Waals surface area contributed by atoms with Gasteiger partial charge in [0.1, 0.15) is 11.8 Å². The summed E-state index contributed by atoms with van der Waals surface area (Å²) < 4.78 is 5.63. The molecule has 0 bridgehead atoms. The molecule has 0 saturated carbocycles. The van der Waals surface area contributed by atoms with Crippen LogP contribution in [0, 0.1) is 6.92 Å². The van der Waals surface area contributed by atoms with Crippen molar-refractivity contribution in [2.45, 2.75) is 46.3 Å². The number of carbonyl (C=O) groups excluding carboxylic acids is 2. The second kappa shape index (κ2) is 10.1. The molecule has 0 unspecified atom stereocenters. The Kier molecular flexibility index (Phi) is 7.88. The van der Waals surface area contributed by atoms with Gasteiger partial charge in [-0.05, 0) is 57.5 Å². The molecule has 2 aromatic carbocycles. The van der Waals surface area contributed by atoms with Gasteiger partial charge in [-0.25, -0.2) is 0 Å². The van der Waals surface area contributed by atoms with Crippen LogP contribution in [0.4, 0.5) is 0 Å². The SMILES string of the molecule is Cc1ccc(OCC(=O)N(Cc2cccc(Cl)c2)[C@H](C)C(=O)NC(C)C)cc1. The maximum absolute atomic E-state index is 12.9. The fraction of sp³-hybridized carbons (Fsp3) is 0.364. The highest BCUT2D eigenvalue weighted by molar-refractivity contribution is 6.30. The summed E-state index contributed by atoms with van der Waals surface area (Å²) in [5, 5.41) is 3.44. The largest absolute Gasteiger partial charge is 0.484 e. The summed E-state index contributed by atoms with van der Waals surface area (Å²) in [5.41, 5.74) is 1.96. The Hall–Kier alpha value is -2.53. The average Bonchev–Trinajstić information content (AvgIpc) is 2.64. The van der Waals surface area contributed by atoms with Gasteiger partial charge in [0.2, 0.25) is 5.91 Å². The van der Waals surface area contributed by atoms with Crippen molar-refractivity contribution in [2.24, 2.45) is 0 Å². The number of hydrogen-bond donors (Lipinski definition) is 1. The van der Waals surface area contributed by atoms with Crippen LogP contribution in [-0.4, -0.2) is 35.4 Å². The number of ether oxygens (including phenoxy) is 1. The van der Waals surface area contributed by atoms with Crippen LogP contribution in [0.5, 0.6) is 5.75 Å². The molecule has 0 spiro atoms. The number of nitrogens with one attached hydrogen (secondary N) is 1. The Labute approximate surface area is 171 Å². The Bertz CT molecular complexity index is 806. The van der Waals surface area contributed by atoms with Crippen LogP contribution < -0.4 is 10.1 Å². The van der Waals surface area contributed by atoms with Gasteiger partial charge in [0.15, 0.2) is 6.61 Å². The van der Waals surface area contributed by atoms with E-state index in [1.165, 1.54) is 4.90 Å². The van der Waals surface area contributed by atoms with E-state index in [0.29, 0.717) is 10.8 Å². The molecule has 0 heterocycles. The minimum atomic E-state index is -0.643. The van der Waals surface area contributed by atoms with E-state index < -0.39 is 6.04 Å². The van der Waals surface area contributed by atoms with Gasteiger partial charge in [0.25, 0.3) is 5.91 Å². The number of aryl methyl sites for hydroxylation is 1. The van der Waals surface area contributed by atoms with Crippen molar-refractivity contribution < 1.29 is 14.3 Å². The van der Waals surface area contributed by atoms with Crippen molar-refractivity contribution in [3.63, 3.8) is 0 Å². The normalized spacial score (nSPS) is 11.8. The summed E-state index contributed by atoms with van der Waals surface area (Å²) in [7, 11) is 0. The van der Waals surface area contributed by atoms with Gasteiger partial charge in [0.05, 0.1) is 0 Å². The quantitative estimate of drug-likeness (QED) is 0.726. The second-order valence-electron chi connectivity index (χ2n) is 7.09. The molecule has 0 aromatic heterocycles. The van der Waals surface area contributed by atoms with Crippen LogP contribution >= 0.6 is 11.6 Å². The summed E-state index contributed by atoms with van der Waals surface area (Å²) in [6, 6.07) is 14.1. The molecule has 1 atom stereocenters.